The lowest BCUT2D eigenvalue weighted by Gasteiger charge is -2.32. The van der Waals surface area contributed by atoms with Gasteiger partial charge < -0.3 is 20.1 Å². The van der Waals surface area contributed by atoms with E-state index in [4.69, 9.17) is 9.47 Å². The molecule has 3 N–H and O–H groups in total. The first-order chi connectivity index (χ1) is 29.1. The van der Waals surface area contributed by atoms with Crippen molar-refractivity contribution in [1.82, 2.24) is 20.5 Å². The molecule has 6 amide bonds. The monoisotopic (exact) mass is 819 g/mol. The molecule has 0 bridgehead atoms. The maximum Gasteiger partial charge on any atom is 0.266 e. The molecule has 0 radical (unpaired) electrons. The van der Waals surface area contributed by atoms with E-state index in [9.17, 15) is 33.2 Å². The van der Waals surface area contributed by atoms with E-state index < -0.39 is 29.7 Å². The lowest BCUT2D eigenvalue weighted by molar-refractivity contribution is -0.136. The van der Waals surface area contributed by atoms with Crippen LogP contribution in [0.2, 0.25) is 0 Å². The standard InChI is InChI=1S/C46H50FN5O8/c1-28(29-10-12-30(13-11-29)34-22-24-48-37-19-14-31(47)26-36(34)37)43(55)50-32-15-17-33(18-16-32)59-25-6-4-2-3-5-23-49-41(54)27-60-39-9-7-8-35-42(39)46(58)52(45(35)57)38-20-21-40(53)51-44(38)56/h7-9,14-19,22,24,26,28-30,38H,2-6,10-13,20-21,23,25,27H2,1H3,(H,49,54)(H,50,55)(H,51,53,56)/t28-,29-,30+,38?/m1/s1. The summed E-state index contributed by atoms with van der Waals surface area (Å²) in [6.45, 7) is 2.67. The van der Waals surface area contributed by atoms with E-state index >= 15 is 0 Å². The van der Waals surface area contributed by atoms with Crippen LogP contribution in [-0.2, 0) is 19.2 Å². The summed E-state index contributed by atoms with van der Waals surface area (Å²) in [7, 11) is 0. The van der Waals surface area contributed by atoms with Crippen LogP contribution in [0, 0.1) is 17.7 Å². The molecule has 1 aliphatic carbocycles. The molecule has 1 saturated heterocycles. The number of anilines is 1. The highest BCUT2D eigenvalue weighted by molar-refractivity contribution is 6.24. The molecule has 3 aliphatic rings. The molecule has 2 fully saturated rings. The van der Waals surface area contributed by atoms with Gasteiger partial charge in [-0.2, -0.15) is 0 Å². The number of halogens is 1. The fourth-order valence-electron chi connectivity index (χ4n) is 8.50. The van der Waals surface area contributed by atoms with E-state index in [0.717, 1.165) is 90.6 Å². The van der Waals surface area contributed by atoms with Crippen LogP contribution in [-0.4, -0.2) is 71.1 Å². The van der Waals surface area contributed by atoms with Crippen molar-refractivity contribution in [2.24, 2.45) is 11.8 Å². The fourth-order valence-corrected chi connectivity index (χ4v) is 8.50. The number of fused-ring (bicyclic) bond motifs is 2. The quantitative estimate of drug-likeness (QED) is 0.0761. The number of hydrogen-bond acceptors (Lipinski definition) is 9. The first-order valence-corrected chi connectivity index (χ1v) is 20.9. The third-order valence-electron chi connectivity index (χ3n) is 11.9. The molecule has 2 atom stereocenters. The molecule has 13 nitrogen and oxygen atoms in total. The number of carbonyl (C=O) groups is 6. The average molecular weight is 820 g/mol. The highest BCUT2D eigenvalue weighted by Gasteiger charge is 2.46. The number of nitrogens with one attached hydrogen (secondary N) is 3. The van der Waals surface area contributed by atoms with Gasteiger partial charge in [0.15, 0.2) is 6.61 Å². The van der Waals surface area contributed by atoms with Crippen molar-refractivity contribution in [3.63, 3.8) is 0 Å². The van der Waals surface area contributed by atoms with E-state index in [0.29, 0.717) is 19.1 Å². The van der Waals surface area contributed by atoms with Crippen molar-refractivity contribution in [1.29, 1.82) is 0 Å². The molecule has 0 spiro atoms. The Morgan fingerprint density at radius 1 is 0.883 bits per heavy atom. The smallest absolute Gasteiger partial charge is 0.266 e. The van der Waals surface area contributed by atoms with E-state index in [2.05, 4.69) is 20.9 Å². The summed E-state index contributed by atoms with van der Waals surface area (Å²) < 4.78 is 25.6. The van der Waals surface area contributed by atoms with Crippen LogP contribution < -0.4 is 25.4 Å². The zero-order valence-corrected chi connectivity index (χ0v) is 33.7. The Labute approximate surface area is 347 Å². The van der Waals surface area contributed by atoms with Crippen LogP contribution >= 0.6 is 0 Å². The first-order valence-electron chi connectivity index (χ1n) is 20.9. The second kappa shape index (κ2) is 19.3. The van der Waals surface area contributed by atoms with Crippen molar-refractivity contribution in [2.45, 2.75) is 89.5 Å². The lowest BCUT2D eigenvalue weighted by Crippen LogP contribution is -2.54. The highest BCUT2D eigenvalue weighted by Crippen LogP contribution is 2.41. The second-order valence-corrected chi connectivity index (χ2v) is 15.9. The number of nitrogens with zero attached hydrogens (tertiary/aromatic N) is 2. The first kappa shape index (κ1) is 42.0. The summed E-state index contributed by atoms with van der Waals surface area (Å²) >= 11 is 0. The van der Waals surface area contributed by atoms with E-state index in [1.165, 1.54) is 18.2 Å². The summed E-state index contributed by atoms with van der Waals surface area (Å²) in [6, 6.07) is 17.6. The van der Waals surface area contributed by atoms with Crippen molar-refractivity contribution >= 4 is 52.0 Å². The van der Waals surface area contributed by atoms with Crippen LogP contribution in [0.4, 0.5) is 10.1 Å². The number of imide groups is 2. The molecule has 3 aromatic carbocycles. The molecule has 14 heteroatoms. The van der Waals surface area contributed by atoms with Gasteiger partial charge in [-0.1, -0.05) is 32.3 Å². The molecule has 1 unspecified atom stereocenters. The number of carbonyl (C=O) groups excluding carboxylic acids is 6. The molecule has 4 aromatic rings. The van der Waals surface area contributed by atoms with E-state index in [1.54, 1.807) is 24.4 Å². The third kappa shape index (κ3) is 9.81. The number of piperidine rings is 1. The minimum atomic E-state index is -1.09. The Bertz CT molecular complexity index is 2260. The summed E-state index contributed by atoms with van der Waals surface area (Å²) in [6.07, 6.45) is 10.1. The second-order valence-electron chi connectivity index (χ2n) is 15.9. The molecule has 1 aromatic heterocycles. The fraction of sp³-hybridized carbons (Fsp3) is 0.413. The Morgan fingerprint density at radius 3 is 2.43 bits per heavy atom. The summed E-state index contributed by atoms with van der Waals surface area (Å²) in [5.41, 5.74) is 2.75. The van der Waals surface area contributed by atoms with E-state index in [-0.39, 0.29) is 65.8 Å². The lowest BCUT2D eigenvalue weighted by atomic mass is 9.73. The van der Waals surface area contributed by atoms with Crippen molar-refractivity contribution in [3.05, 3.63) is 95.4 Å². The van der Waals surface area contributed by atoms with Gasteiger partial charge in [-0.15, -0.1) is 0 Å². The van der Waals surface area contributed by atoms with Gasteiger partial charge in [0.2, 0.25) is 17.7 Å². The van der Waals surface area contributed by atoms with E-state index in [1.807, 2.05) is 37.3 Å². The van der Waals surface area contributed by atoms with Gasteiger partial charge >= 0.3 is 0 Å². The van der Waals surface area contributed by atoms with Gasteiger partial charge in [-0.3, -0.25) is 44.0 Å². The average Bonchev–Trinajstić information content (AvgIpc) is 3.51. The summed E-state index contributed by atoms with van der Waals surface area (Å²) in [5, 5.41) is 8.92. The van der Waals surface area contributed by atoms with Crippen LogP contribution in [0.5, 0.6) is 11.5 Å². The number of rotatable bonds is 17. The number of pyridine rings is 1. The van der Waals surface area contributed by atoms with Gasteiger partial charge in [0.1, 0.15) is 23.4 Å². The Balaban J connectivity index is 0.739. The highest BCUT2D eigenvalue weighted by atomic mass is 19.1. The van der Waals surface area contributed by atoms with Gasteiger partial charge in [-0.05, 0) is 123 Å². The molecular weight excluding hydrogens is 770 g/mol. The Morgan fingerprint density at radius 2 is 1.65 bits per heavy atom. The van der Waals surface area contributed by atoms with Crippen LogP contribution in [0.15, 0.2) is 72.9 Å². The Kier molecular flexibility index (Phi) is 13.5. The zero-order chi connectivity index (χ0) is 42.2. The number of hydrogen-bond donors (Lipinski definition) is 3. The van der Waals surface area contributed by atoms with Gasteiger partial charge in [0.25, 0.3) is 17.7 Å². The number of unbranched alkanes of at least 4 members (excludes halogenated alkanes) is 4. The SMILES string of the molecule is C[C@@H](C(=O)Nc1ccc(OCCCCCCCNC(=O)COc2cccc3c2C(=O)N(C2CCC(=O)NC2=O)C3=O)cc1)[C@H]1CC[C@@H](c2ccnc3ccc(F)cc32)CC1. The van der Waals surface area contributed by atoms with Crippen molar-refractivity contribution < 1.29 is 42.6 Å². The van der Waals surface area contributed by atoms with Crippen LogP contribution in [0.3, 0.4) is 0 Å². The molecule has 2 aliphatic heterocycles. The number of amides is 6. The maximum atomic E-state index is 14.0. The molecule has 314 valence electrons. The minimum Gasteiger partial charge on any atom is -0.494 e. The molecular formula is C46H50FN5O8. The third-order valence-corrected chi connectivity index (χ3v) is 11.9. The zero-order valence-electron chi connectivity index (χ0n) is 33.7. The molecule has 60 heavy (non-hydrogen) atoms. The minimum absolute atomic E-state index is 0.00190. The molecule has 7 rings (SSSR count). The topological polar surface area (TPSA) is 173 Å². The van der Waals surface area contributed by atoms with Gasteiger partial charge in [-0.25, -0.2) is 4.39 Å². The number of aromatic nitrogens is 1. The normalized spacial score (nSPS) is 19.4. The van der Waals surface area contributed by atoms with Gasteiger partial charge in [0.05, 0.1) is 23.3 Å². The predicted octanol–water partition coefficient (Wildman–Crippen LogP) is 6.85. The molecule has 3 heterocycles. The van der Waals surface area contributed by atoms with Gasteiger partial charge in [0, 0.05) is 36.2 Å². The van der Waals surface area contributed by atoms with Crippen LogP contribution in [0.1, 0.15) is 110 Å². The summed E-state index contributed by atoms with van der Waals surface area (Å²) in [4.78, 5) is 81.0. The molecule has 1 saturated carbocycles. The number of ether oxygens (including phenoxy) is 2. The van der Waals surface area contributed by atoms with Crippen LogP contribution in [0.25, 0.3) is 10.9 Å². The predicted molar refractivity (Wildman–Crippen MR) is 221 cm³/mol. The largest absolute Gasteiger partial charge is 0.494 e. The Hall–Kier alpha value is -6.18. The summed E-state index contributed by atoms with van der Waals surface area (Å²) in [5.74, 6) is -1.83. The van der Waals surface area contributed by atoms with Crippen molar-refractivity contribution in [2.75, 3.05) is 25.1 Å². The van der Waals surface area contributed by atoms with Crippen molar-refractivity contribution in [3.8, 4) is 11.5 Å². The maximum absolute atomic E-state index is 14.0. The number of benzene rings is 3.